The molecule has 3 aromatic rings. The van der Waals surface area contributed by atoms with E-state index in [0.29, 0.717) is 67.8 Å². The molecule has 0 bridgehead atoms. The van der Waals surface area contributed by atoms with Gasteiger partial charge >= 0.3 is 0 Å². The van der Waals surface area contributed by atoms with Crippen molar-refractivity contribution in [3.05, 3.63) is 36.1 Å². The molecule has 0 spiro atoms. The molecule has 2 saturated heterocycles. The van der Waals surface area contributed by atoms with Crippen molar-refractivity contribution in [2.45, 2.75) is 6.92 Å². The molecule has 10 nitrogen and oxygen atoms in total. The second-order valence-corrected chi connectivity index (χ2v) is 7.34. The summed E-state index contributed by atoms with van der Waals surface area (Å²) in [5.41, 5.74) is 1.00. The Labute approximate surface area is 173 Å². The molecule has 3 aromatic heterocycles. The van der Waals surface area contributed by atoms with Gasteiger partial charge in [0.2, 0.25) is 11.7 Å². The second kappa shape index (κ2) is 7.86. The fraction of sp³-hybridized carbons (Fsp3) is 0.450. The molecule has 0 saturated carbocycles. The van der Waals surface area contributed by atoms with E-state index in [1.165, 1.54) is 6.33 Å². The van der Waals surface area contributed by atoms with Crippen molar-refractivity contribution in [2.24, 2.45) is 0 Å². The van der Waals surface area contributed by atoms with Crippen LogP contribution in [0.15, 0.2) is 29.2 Å². The molecule has 10 heteroatoms. The number of amides is 1. The minimum absolute atomic E-state index is 0.0517. The largest absolute Gasteiger partial charge is 0.442 e. The molecule has 5 heterocycles. The quantitative estimate of drug-likeness (QED) is 0.630. The Morgan fingerprint density at radius 3 is 2.40 bits per heavy atom. The van der Waals surface area contributed by atoms with Gasteiger partial charge in [-0.15, -0.1) is 0 Å². The molecule has 30 heavy (non-hydrogen) atoms. The van der Waals surface area contributed by atoms with Crippen molar-refractivity contribution in [1.82, 2.24) is 24.8 Å². The molecule has 2 aliphatic heterocycles. The number of furan rings is 1. The minimum atomic E-state index is -0.0517. The van der Waals surface area contributed by atoms with E-state index in [4.69, 9.17) is 9.15 Å². The summed E-state index contributed by atoms with van der Waals surface area (Å²) >= 11 is 0. The Kier molecular flexibility index (Phi) is 4.91. The van der Waals surface area contributed by atoms with E-state index in [1.54, 1.807) is 18.5 Å². The number of aromatic nitrogens is 4. The highest BCUT2D eigenvalue weighted by molar-refractivity contribution is 6.10. The van der Waals surface area contributed by atoms with E-state index in [-0.39, 0.29) is 5.91 Å². The summed E-state index contributed by atoms with van der Waals surface area (Å²) in [6, 6.07) is 1.80. The monoisotopic (exact) mass is 409 g/mol. The van der Waals surface area contributed by atoms with E-state index >= 15 is 0 Å². The van der Waals surface area contributed by atoms with Gasteiger partial charge in [0.25, 0.3) is 5.91 Å². The number of fused-ring (bicyclic) bond motifs is 1. The molecule has 0 aliphatic carbocycles. The zero-order valence-corrected chi connectivity index (χ0v) is 16.8. The van der Waals surface area contributed by atoms with Gasteiger partial charge in [0.05, 0.1) is 24.2 Å². The molecular weight excluding hydrogens is 386 g/mol. The lowest BCUT2D eigenvalue weighted by atomic mass is 10.1. The predicted octanol–water partition coefficient (Wildman–Crippen LogP) is 1.12. The highest BCUT2D eigenvalue weighted by Crippen LogP contribution is 2.32. The van der Waals surface area contributed by atoms with Crippen molar-refractivity contribution in [1.29, 1.82) is 0 Å². The fourth-order valence-corrected chi connectivity index (χ4v) is 4.02. The zero-order chi connectivity index (χ0) is 20.5. The molecule has 1 amide bonds. The van der Waals surface area contributed by atoms with Gasteiger partial charge in [-0.1, -0.05) is 0 Å². The average Bonchev–Trinajstić information content (AvgIpc) is 3.15. The fourth-order valence-electron chi connectivity index (χ4n) is 4.02. The first-order chi connectivity index (χ1) is 14.7. The number of ether oxygens (including phenoxy) is 1. The van der Waals surface area contributed by atoms with Crippen LogP contribution in [0.25, 0.3) is 11.1 Å². The van der Waals surface area contributed by atoms with Crippen LogP contribution in [0, 0.1) is 6.92 Å². The Balaban J connectivity index is 1.42. The summed E-state index contributed by atoms with van der Waals surface area (Å²) < 4.78 is 11.3. The van der Waals surface area contributed by atoms with Crippen LogP contribution in [-0.4, -0.2) is 83.2 Å². The standard InChI is InChI=1S/C20H23N7O3/c1-14-15(16-17(23-13-24-18(16)30-14)25-9-11-29-12-10-25)19(28)26-5-7-27(8-6-26)20-21-3-2-4-22-20/h2-4,13H,5-12H2,1H3. The van der Waals surface area contributed by atoms with Crippen LogP contribution < -0.4 is 9.80 Å². The third kappa shape index (κ3) is 3.32. The number of morpholine rings is 1. The van der Waals surface area contributed by atoms with E-state index in [9.17, 15) is 4.79 Å². The van der Waals surface area contributed by atoms with Crippen molar-refractivity contribution in [3.8, 4) is 0 Å². The number of hydrogen-bond donors (Lipinski definition) is 0. The van der Waals surface area contributed by atoms with Crippen molar-refractivity contribution < 1.29 is 13.9 Å². The van der Waals surface area contributed by atoms with E-state index in [2.05, 4.69) is 29.7 Å². The summed E-state index contributed by atoms with van der Waals surface area (Å²) in [6.07, 6.45) is 4.95. The lowest BCUT2D eigenvalue weighted by Gasteiger charge is -2.34. The van der Waals surface area contributed by atoms with E-state index < -0.39 is 0 Å². The van der Waals surface area contributed by atoms with Gasteiger partial charge in [0.15, 0.2) is 0 Å². The normalized spacial score (nSPS) is 17.6. The van der Waals surface area contributed by atoms with Crippen LogP contribution in [0.3, 0.4) is 0 Å². The summed E-state index contributed by atoms with van der Waals surface area (Å²) in [6.45, 7) is 7.05. The van der Waals surface area contributed by atoms with Gasteiger partial charge in [0.1, 0.15) is 17.9 Å². The second-order valence-electron chi connectivity index (χ2n) is 7.34. The first-order valence-electron chi connectivity index (χ1n) is 10.1. The molecule has 0 aromatic carbocycles. The minimum Gasteiger partial charge on any atom is -0.442 e. The number of anilines is 2. The summed E-state index contributed by atoms with van der Waals surface area (Å²) in [7, 11) is 0. The molecule has 5 rings (SSSR count). The highest BCUT2D eigenvalue weighted by atomic mass is 16.5. The number of carbonyl (C=O) groups excluding carboxylic acids is 1. The SMILES string of the molecule is Cc1oc2ncnc(N3CCOCC3)c2c1C(=O)N1CCN(c2ncccn2)CC1. The zero-order valence-electron chi connectivity index (χ0n) is 16.8. The van der Waals surface area contributed by atoms with Crippen LogP contribution >= 0.6 is 0 Å². The molecule has 0 unspecified atom stereocenters. The maximum Gasteiger partial charge on any atom is 0.258 e. The Morgan fingerprint density at radius 2 is 1.67 bits per heavy atom. The van der Waals surface area contributed by atoms with Crippen LogP contribution in [-0.2, 0) is 4.74 Å². The van der Waals surface area contributed by atoms with Crippen LogP contribution in [0.5, 0.6) is 0 Å². The maximum absolute atomic E-state index is 13.5. The third-order valence-corrected chi connectivity index (χ3v) is 5.57. The van der Waals surface area contributed by atoms with Crippen LogP contribution in [0.1, 0.15) is 16.1 Å². The van der Waals surface area contributed by atoms with Gasteiger partial charge in [-0.25, -0.2) is 19.9 Å². The Bertz CT molecular complexity index is 1040. The lowest BCUT2D eigenvalue weighted by Crippen LogP contribution is -2.49. The summed E-state index contributed by atoms with van der Waals surface area (Å²) in [5.74, 6) is 1.94. The van der Waals surface area contributed by atoms with Crippen molar-refractivity contribution >= 4 is 28.8 Å². The average molecular weight is 409 g/mol. The van der Waals surface area contributed by atoms with Gasteiger partial charge in [-0.3, -0.25) is 4.79 Å². The van der Waals surface area contributed by atoms with Gasteiger partial charge in [-0.05, 0) is 13.0 Å². The van der Waals surface area contributed by atoms with Crippen molar-refractivity contribution in [2.75, 3.05) is 62.3 Å². The predicted molar refractivity (Wildman–Crippen MR) is 110 cm³/mol. The molecule has 0 atom stereocenters. The summed E-state index contributed by atoms with van der Waals surface area (Å²) in [4.78, 5) is 36.9. The smallest absolute Gasteiger partial charge is 0.258 e. The van der Waals surface area contributed by atoms with Crippen molar-refractivity contribution in [3.63, 3.8) is 0 Å². The topological polar surface area (TPSA) is 101 Å². The number of nitrogens with zero attached hydrogens (tertiary/aromatic N) is 7. The third-order valence-electron chi connectivity index (χ3n) is 5.57. The number of aryl methyl sites for hydroxylation is 1. The number of carbonyl (C=O) groups is 1. The Morgan fingerprint density at radius 1 is 0.933 bits per heavy atom. The number of hydrogen-bond acceptors (Lipinski definition) is 9. The summed E-state index contributed by atoms with van der Waals surface area (Å²) in [5, 5.41) is 0.690. The molecule has 0 N–H and O–H groups in total. The van der Waals surface area contributed by atoms with E-state index in [0.717, 1.165) is 18.9 Å². The molecule has 0 radical (unpaired) electrons. The molecule has 2 aliphatic rings. The first kappa shape index (κ1) is 18.7. The van der Waals surface area contributed by atoms with E-state index in [1.807, 2.05) is 11.8 Å². The number of rotatable bonds is 3. The lowest BCUT2D eigenvalue weighted by molar-refractivity contribution is 0.0746. The van der Waals surface area contributed by atoms with Crippen LogP contribution in [0.4, 0.5) is 11.8 Å². The number of piperazine rings is 1. The molecule has 2 fully saturated rings. The molecule has 156 valence electrons. The van der Waals surface area contributed by atoms with Gasteiger partial charge < -0.3 is 23.9 Å². The maximum atomic E-state index is 13.5. The Hall–Kier alpha value is -3.27. The first-order valence-corrected chi connectivity index (χ1v) is 10.1. The van der Waals surface area contributed by atoms with Crippen LogP contribution in [0.2, 0.25) is 0 Å². The van der Waals surface area contributed by atoms with Gasteiger partial charge in [0, 0.05) is 51.7 Å². The van der Waals surface area contributed by atoms with Gasteiger partial charge in [-0.2, -0.15) is 0 Å². The molecular formula is C20H23N7O3. The highest BCUT2D eigenvalue weighted by Gasteiger charge is 2.30.